The van der Waals surface area contributed by atoms with E-state index in [0.717, 1.165) is 23.9 Å². The Labute approximate surface area is 137 Å². The first-order valence-corrected chi connectivity index (χ1v) is 8.02. The van der Waals surface area contributed by atoms with Crippen molar-refractivity contribution < 1.29 is 22.8 Å². The lowest BCUT2D eigenvalue weighted by Crippen LogP contribution is -2.40. The second-order valence-corrected chi connectivity index (χ2v) is 6.30. The summed E-state index contributed by atoms with van der Waals surface area (Å²) in [6, 6.07) is 0. The number of carbonyl (C=O) groups is 2. The van der Waals surface area contributed by atoms with E-state index in [0.29, 0.717) is 18.8 Å². The standard InChI is InChI=1S/C15H19F3N4O2/c16-15(17,18)10-21-9-12(7-19-21)22-8-11(6-13(22)23)14(24)20-4-2-1-3-5-20/h7,9,11H,1-6,8,10H2/t11-/m1/s1. The summed E-state index contributed by atoms with van der Waals surface area (Å²) in [5.74, 6) is -0.716. The molecule has 2 saturated heterocycles. The fraction of sp³-hybridized carbons (Fsp3) is 0.667. The van der Waals surface area contributed by atoms with Gasteiger partial charge in [-0.15, -0.1) is 0 Å². The van der Waals surface area contributed by atoms with Gasteiger partial charge < -0.3 is 9.80 Å². The van der Waals surface area contributed by atoms with E-state index >= 15 is 0 Å². The van der Waals surface area contributed by atoms with E-state index in [1.807, 2.05) is 0 Å². The van der Waals surface area contributed by atoms with E-state index in [1.54, 1.807) is 4.90 Å². The molecule has 6 nitrogen and oxygen atoms in total. The van der Waals surface area contributed by atoms with E-state index in [2.05, 4.69) is 5.10 Å². The van der Waals surface area contributed by atoms with Crippen molar-refractivity contribution in [1.82, 2.24) is 14.7 Å². The molecule has 2 amide bonds. The van der Waals surface area contributed by atoms with Gasteiger partial charge in [0, 0.05) is 32.3 Å². The van der Waals surface area contributed by atoms with E-state index in [9.17, 15) is 22.8 Å². The zero-order valence-electron chi connectivity index (χ0n) is 13.1. The lowest BCUT2D eigenvalue weighted by atomic mass is 10.0. The summed E-state index contributed by atoms with van der Waals surface area (Å²) in [6.45, 7) is 0.428. The van der Waals surface area contributed by atoms with Crippen LogP contribution < -0.4 is 4.90 Å². The summed E-state index contributed by atoms with van der Waals surface area (Å²) in [4.78, 5) is 27.8. The summed E-state index contributed by atoms with van der Waals surface area (Å²) >= 11 is 0. The van der Waals surface area contributed by atoms with Crippen molar-refractivity contribution in [2.75, 3.05) is 24.5 Å². The van der Waals surface area contributed by atoms with Crippen molar-refractivity contribution in [1.29, 1.82) is 0 Å². The van der Waals surface area contributed by atoms with Gasteiger partial charge in [-0.2, -0.15) is 18.3 Å². The number of likely N-dealkylation sites (tertiary alicyclic amines) is 1. The normalized spacial score (nSPS) is 22.3. The number of piperidine rings is 1. The number of amides is 2. The van der Waals surface area contributed by atoms with Crippen LogP contribution in [0.25, 0.3) is 0 Å². The van der Waals surface area contributed by atoms with Gasteiger partial charge in [0.2, 0.25) is 11.8 Å². The highest BCUT2D eigenvalue weighted by molar-refractivity contribution is 6.00. The van der Waals surface area contributed by atoms with E-state index in [4.69, 9.17) is 0 Å². The second-order valence-electron chi connectivity index (χ2n) is 6.30. The van der Waals surface area contributed by atoms with Crippen LogP contribution in [0.5, 0.6) is 0 Å². The molecule has 3 rings (SSSR count). The summed E-state index contributed by atoms with van der Waals surface area (Å²) in [5, 5.41) is 3.65. The Hall–Kier alpha value is -2.06. The summed E-state index contributed by atoms with van der Waals surface area (Å²) in [5.41, 5.74) is 0.304. The number of aromatic nitrogens is 2. The maximum Gasteiger partial charge on any atom is 0.408 e. The molecule has 1 aromatic rings. The molecule has 0 saturated carbocycles. The monoisotopic (exact) mass is 344 g/mol. The molecule has 3 heterocycles. The fourth-order valence-corrected chi connectivity index (χ4v) is 3.26. The number of rotatable bonds is 3. The highest BCUT2D eigenvalue weighted by Crippen LogP contribution is 2.27. The molecule has 2 aliphatic rings. The van der Waals surface area contributed by atoms with Crippen LogP contribution in [0.3, 0.4) is 0 Å². The van der Waals surface area contributed by atoms with Gasteiger partial charge in [-0.3, -0.25) is 14.3 Å². The van der Waals surface area contributed by atoms with Crippen molar-refractivity contribution >= 4 is 17.5 Å². The maximum atomic E-state index is 12.5. The molecule has 132 valence electrons. The maximum absolute atomic E-state index is 12.5. The predicted molar refractivity (Wildman–Crippen MR) is 79.2 cm³/mol. The molecular formula is C15H19F3N4O2. The molecule has 0 spiro atoms. The molecule has 9 heteroatoms. The second kappa shape index (κ2) is 6.45. The smallest absolute Gasteiger partial charge is 0.342 e. The molecule has 1 atom stereocenters. The third kappa shape index (κ3) is 3.70. The fourth-order valence-electron chi connectivity index (χ4n) is 3.26. The SMILES string of the molecule is O=C([C@@H]1CC(=O)N(c2cnn(CC(F)(F)F)c2)C1)N1CCCCC1. The van der Waals surface area contributed by atoms with Crippen molar-refractivity contribution in [2.24, 2.45) is 5.92 Å². The summed E-state index contributed by atoms with van der Waals surface area (Å²) < 4.78 is 37.9. The van der Waals surface area contributed by atoms with Gasteiger partial charge in [0.1, 0.15) is 6.54 Å². The van der Waals surface area contributed by atoms with Crippen molar-refractivity contribution in [3.8, 4) is 0 Å². The first-order valence-electron chi connectivity index (χ1n) is 8.02. The molecule has 24 heavy (non-hydrogen) atoms. The van der Waals surface area contributed by atoms with Gasteiger partial charge in [-0.05, 0) is 19.3 Å². The molecular weight excluding hydrogens is 325 g/mol. The molecule has 0 aromatic carbocycles. The molecule has 2 fully saturated rings. The summed E-state index contributed by atoms with van der Waals surface area (Å²) in [7, 11) is 0. The minimum Gasteiger partial charge on any atom is -0.342 e. The molecule has 0 N–H and O–H groups in total. The van der Waals surface area contributed by atoms with E-state index < -0.39 is 18.6 Å². The van der Waals surface area contributed by atoms with Crippen LogP contribution in [0.1, 0.15) is 25.7 Å². The Bertz CT molecular complexity index is 622. The Morgan fingerprint density at radius 3 is 2.62 bits per heavy atom. The lowest BCUT2D eigenvalue weighted by molar-refractivity contribution is -0.142. The van der Waals surface area contributed by atoms with Crippen LogP contribution in [-0.2, 0) is 16.1 Å². The minimum atomic E-state index is -4.37. The van der Waals surface area contributed by atoms with Crippen LogP contribution in [0.2, 0.25) is 0 Å². The average Bonchev–Trinajstić information content (AvgIpc) is 3.12. The highest BCUT2D eigenvalue weighted by atomic mass is 19.4. The molecule has 1 aromatic heterocycles. The minimum absolute atomic E-state index is 0.0340. The molecule has 0 unspecified atom stereocenters. The molecule has 0 bridgehead atoms. The van der Waals surface area contributed by atoms with Gasteiger partial charge in [0.05, 0.1) is 17.8 Å². The Morgan fingerprint density at radius 2 is 1.96 bits per heavy atom. The van der Waals surface area contributed by atoms with Crippen LogP contribution in [-0.4, -0.2) is 52.3 Å². The Morgan fingerprint density at radius 1 is 1.25 bits per heavy atom. The number of anilines is 1. The molecule has 2 aliphatic heterocycles. The number of nitrogens with zero attached hydrogens (tertiary/aromatic N) is 4. The van der Waals surface area contributed by atoms with Gasteiger partial charge >= 0.3 is 6.18 Å². The van der Waals surface area contributed by atoms with E-state index in [-0.39, 0.29) is 24.8 Å². The van der Waals surface area contributed by atoms with Crippen LogP contribution in [0.4, 0.5) is 18.9 Å². The topological polar surface area (TPSA) is 58.4 Å². The number of carbonyl (C=O) groups excluding carboxylic acids is 2. The average molecular weight is 344 g/mol. The van der Waals surface area contributed by atoms with Crippen molar-refractivity contribution in [2.45, 2.75) is 38.4 Å². The highest BCUT2D eigenvalue weighted by Gasteiger charge is 2.38. The molecule has 0 aliphatic carbocycles. The van der Waals surface area contributed by atoms with Crippen LogP contribution in [0, 0.1) is 5.92 Å². The lowest BCUT2D eigenvalue weighted by Gasteiger charge is -2.28. The van der Waals surface area contributed by atoms with Gasteiger partial charge in [-0.1, -0.05) is 0 Å². The van der Waals surface area contributed by atoms with Gasteiger partial charge in [0.25, 0.3) is 0 Å². The zero-order valence-corrected chi connectivity index (χ0v) is 13.1. The number of hydrogen-bond donors (Lipinski definition) is 0. The predicted octanol–water partition coefficient (Wildman–Crippen LogP) is 1.81. The number of alkyl halides is 3. The van der Waals surface area contributed by atoms with Crippen molar-refractivity contribution in [3.63, 3.8) is 0 Å². The third-order valence-corrected chi connectivity index (χ3v) is 4.41. The first kappa shape index (κ1) is 16.8. The Balaban J connectivity index is 1.65. The first-order chi connectivity index (χ1) is 11.3. The van der Waals surface area contributed by atoms with Crippen molar-refractivity contribution in [3.05, 3.63) is 12.4 Å². The number of hydrogen-bond acceptors (Lipinski definition) is 3. The van der Waals surface area contributed by atoms with Crippen LogP contribution in [0.15, 0.2) is 12.4 Å². The largest absolute Gasteiger partial charge is 0.408 e. The quantitative estimate of drug-likeness (QED) is 0.840. The summed E-state index contributed by atoms with van der Waals surface area (Å²) in [6.07, 6.45) is 1.21. The Kier molecular flexibility index (Phi) is 4.51. The van der Waals surface area contributed by atoms with Gasteiger partial charge in [0.15, 0.2) is 0 Å². The van der Waals surface area contributed by atoms with E-state index in [1.165, 1.54) is 17.3 Å². The van der Waals surface area contributed by atoms with Crippen LogP contribution >= 0.6 is 0 Å². The third-order valence-electron chi connectivity index (χ3n) is 4.41. The zero-order chi connectivity index (χ0) is 17.3. The van der Waals surface area contributed by atoms with Gasteiger partial charge in [-0.25, -0.2) is 0 Å². The molecule has 0 radical (unpaired) electrons. The number of halogens is 3.